The molecule has 0 radical (unpaired) electrons. The van der Waals surface area contributed by atoms with Gasteiger partial charge in [-0.2, -0.15) is 0 Å². The minimum Gasteiger partial charge on any atom is -0.458 e. The number of amides is 1. The normalized spacial score (nSPS) is 22.9. The van der Waals surface area contributed by atoms with Crippen LogP contribution >= 0.6 is 0 Å². The van der Waals surface area contributed by atoms with Crippen LogP contribution in [-0.4, -0.2) is 18.2 Å². The fourth-order valence-corrected chi connectivity index (χ4v) is 1.96. The number of cyclic esters (lactones) is 1. The minimum atomic E-state index is -0.763. The van der Waals surface area contributed by atoms with Crippen LogP contribution in [0.1, 0.15) is 12.5 Å². The molecule has 5 nitrogen and oxygen atoms in total. The number of carbonyl (C=O) groups excluding carboxylic acids is 2. The molecule has 5 heteroatoms. The van der Waals surface area contributed by atoms with Crippen molar-refractivity contribution in [2.75, 3.05) is 5.32 Å². The van der Waals surface area contributed by atoms with Gasteiger partial charge in [-0.25, -0.2) is 4.79 Å². The molecule has 0 saturated carbocycles. The maximum Gasteiger partial charge on any atom is 0.336 e. The maximum absolute atomic E-state index is 11.8. The average Bonchev–Trinajstić information content (AvgIpc) is 2.87. The number of rotatable bonds is 2. The molecule has 0 aliphatic carbocycles. The average molecular weight is 257 g/mol. The van der Waals surface area contributed by atoms with Crippen LogP contribution in [0.4, 0.5) is 5.69 Å². The number of hydrogen-bond donors (Lipinski definition) is 1. The highest BCUT2D eigenvalue weighted by molar-refractivity contribution is 6.31. The zero-order valence-corrected chi connectivity index (χ0v) is 10.2. The van der Waals surface area contributed by atoms with Crippen molar-refractivity contribution in [3.63, 3.8) is 0 Å². The van der Waals surface area contributed by atoms with Crippen molar-refractivity contribution in [1.82, 2.24) is 0 Å². The van der Waals surface area contributed by atoms with Crippen molar-refractivity contribution in [3.8, 4) is 0 Å². The molecule has 0 bridgehead atoms. The molecular weight excluding hydrogens is 246 g/mol. The third-order valence-corrected chi connectivity index (χ3v) is 2.96. The predicted molar refractivity (Wildman–Crippen MR) is 67.8 cm³/mol. The fraction of sp³-hybridized carbons (Fsp3) is 0.143. The Morgan fingerprint density at radius 2 is 2.11 bits per heavy atom. The number of fused-ring (bicyclic) bond motifs is 1. The third-order valence-electron chi connectivity index (χ3n) is 2.96. The predicted octanol–water partition coefficient (Wildman–Crippen LogP) is 1.83. The summed E-state index contributed by atoms with van der Waals surface area (Å²) in [5, 5.41) is 2.73. The van der Waals surface area contributed by atoms with E-state index in [-0.39, 0.29) is 5.91 Å². The van der Waals surface area contributed by atoms with Gasteiger partial charge < -0.3 is 14.8 Å². The van der Waals surface area contributed by atoms with E-state index in [0.29, 0.717) is 11.1 Å². The summed E-state index contributed by atoms with van der Waals surface area (Å²) in [4.78, 5) is 23.0. The molecule has 2 aliphatic rings. The van der Waals surface area contributed by atoms with Gasteiger partial charge in [-0.15, -0.1) is 0 Å². The summed E-state index contributed by atoms with van der Waals surface area (Å²) >= 11 is 0. The van der Waals surface area contributed by atoms with Gasteiger partial charge in [-0.1, -0.05) is 18.2 Å². The summed E-state index contributed by atoms with van der Waals surface area (Å²) in [6.45, 7) is 1.65. The second-order valence-corrected chi connectivity index (χ2v) is 4.29. The molecule has 1 amide bonds. The Hall–Kier alpha value is -2.56. The molecule has 1 unspecified atom stereocenters. The van der Waals surface area contributed by atoms with Gasteiger partial charge in [0, 0.05) is 22.9 Å². The summed E-state index contributed by atoms with van der Waals surface area (Å²) in [5.41, 5.74) is 2.44. The van der Waals surface area contributed by atoms with Gasteiger partial charge >= 0.3 is 5.97 Å². The molecule has 1 N–H and O–H groups in total. The Kier molecular flexibility index (Phi) is 2.59. The highest BCUT2D eigenvalue weighted by Crippen LogP contribution is 2.31. The monoisotopic (exact) mass is 257 g/mol. The molecule has 0 saturated heterocycles. The number of hydrogen-bond acceptors (Lipinski definition) is 4. The molecule has 1 aromatic carbocycles. The van der Waals surface area contributed by atoms with E-state index in [1.54, 1.807) is 13.0 Å². The highest BCUT2D eigenvalue weighted by atomic mass is 16.7. The van der Waals surface area contributed by atoms with Crippen LogP contribution in [0.2, 0.25) is 0 Å². The SMILES string of the molecule is CC1=CC(O/C=C2/C(=O)Nc3ccccc32)OC1=O. The van der Waals surface area contributed by atoms with Crippen molar-refractivity contribution in [2.45, 2.75) is 13.2 Å². The van der Waals surface area contributed by atoms with Crippen LogP contribution in [-0.2, 0) is 19.1 Å². The summed E-state index contributed by atoms with van der Waals surface area (Å²) in [7, 11) is 0. The number of esters is 1. The second kappa shape index (κ2) is 4.28. The number of carbonyl (C=O) groups is 2. The lowest BCUT2D eigenvalue weighted by Crippen LogP contribution is -2.10. The lowest BCUT2D eigenvalue weighted by atomic mass is 10.1. The van der Waals surface area contributed by atoms with Crippen LogP contribution in [0.25, 0.3) is 5.57 Å². The number of ether oxygens (including phenoxy) is 2. The van der Waals surface area contributed by atoms with Gasteiger partial charge in [0.25, 0.3) is 12.2 Å². The van der Waals surface area contributed by atoms with Crippen molar-refractivity contribution in [1.29, 1.82) is 0 Å². The van der Waals surface area contributed by atoms with Crippen LogP contribution in [0.15, 0.2) is 42.2 Å². The van der Waals surface area contributed by atoms with Gasteiger partial charge in [0.15, 0.2) is 0 Å². The molecule has 0 fully saturated rings. The Bertz CT molecular complexity index is 630. The second-order valence-electron chi connectivity index (χ2n) is 4.29. The molecule has 2 aliphatic heterocycles. The number of para-hydroxylation sites is 1. The van der Waals surface area contributed by atoms with Crippen LogP contribution in [0.3, 0.4) is 0 Å². The topological polar surface area (TPSA) is 64.6 Å². The molecule has 2 heterocycles. The van der Waals surface area contributed by atoms with E-state index in [1.807, 2.05) is 24.3 Å². The van der Waals surface area contributed by atoms with Crippen LogP contribution in [0.5, 0.6) is 0 Å². The van der Waals surface area contributed by atoms with Gasteiger partial charge in [0.1, 0.15) is 6.26 Å². The summed E-state index contributed by atoms with van der Waals surface area (Å²) in [6, 6.07) is 7.32. The van der Waals surface area contributed by atoms with E-state index in [1.165, 1.54) is 6.26 Å². The summed E-state index contributed by atoms with van der Waals surface area (Å²) in [6.07, 6.45) is 2.13. The van der Waals surface area contributed by atoms with Gasteiger partial charge in [-0.05, 0) is 13.0 Å². The van der Waals surface area contributed by atoms with E-state index < -0.39 is 12.3 Å². The van der Waals surface area contributed by atoms with Crippen molar-refractivity contribution in [2.24, 2.45) is 0 Å². The third kappa shape index (κ3) is 1.99. The number of nitrogens with one attached hydrogen (secondary N) is 1. The summed E-state index contributed by atoms with van der Waals surface area (Å²) < 4.78 is 10.2. The lowest BCUT2D eigenvalue weighted by Gasteiger charge is -2.07. The fourth-order valence-electron chi connectivity index (χ4n) is 1.96. The Labute approximate surface area is 109 Å². The molecule has 19 heavy (non-hydrogen) atoms. The quantitative estimate of drug-likeness (QED) is 0.498. The zero-order valence-electron chi connectivity index (χ0n) is 10.2. The van der Waals surface area contributed by atoms with E-state index in [0.717, 1.165) is 11.3 Å². The molecule has 1 aromatic rings. The Morgan fingerprint density at radius 1 is 1.32 bits per heavy atom. The van der Waals surface area contributed by atoms with Gasteiger partial charge in [0.2, 0.25) is 0 Å². The summed E-state index contributed by atoms with van der Waals surface area (Å²) in [5.74, 6) is -0.633. The van der Waals surface area contributed by atoms with Gasteiger partial charge in [0.05, 0.1) is 5.57 Å². The van der Waals surface area contributed by atoms with Gasteiger partial charge in [-0.3, -0.25) is 4.79 Å². The number of anilines is 1. The Balaban J connectivity index is 1.82. The largest absolute Gasteiger partial charge is 0.458 e. The molecule has 3 rings (SSSR count). The van der Waals surface area contributed by atoms with Crippen molar-refractivity contribution < 1.29 is 19.1 Å². The van der Waals surface area contributed by atoms with E-state index in [4.69, 9.17) is 9.47 Å². The van der Waals surface area contributed by atoms with Crippen molar-refractivity contribution in [3.05, 3.63) is 47.7 Å². The first kappa shape index (κ1) is 11.5. The zero-order chi connectivity index (χ0) is 13.4. The molecule has 0 aromatic heterocycles. The first-order valence-corrected chi connectivity index (χ1v) is 5.81. The van der Waals surface area contributed by atoms with E-state index in [9.17, 15) is 9.59 Å². The smallest absolute Gasteiger partial charge is 0.336 e. The molecule has 0 spiro atoms. The van der Waals surface area contributed by atoms with Crippen LogP contribution < -0.4 is 5.32 Å². The molecule has 96 valence electrons. The first-order valence-electron chi connectivity index (χ1n) is 5.81. The van der Waals surface area contributed by atoms with Crippen LogP contribution in [0, 0.1) is 0 Å². The first-order chi connectivity index (χ1) is 9.15. The Morgan fingerprint density at radius 3 is 2.84 bits per heavy atom. The highest BCUT2D eigenvalue weighted by Gasteiger charge is 2.26. The lowest BCUT2D eigenvalue weighted by molar-refractivity contribution is -0.152. The standard InChI is InChI=1S/C14H11NO4/c1-8-6-12(19-14(8)17)18-7-10-9-4-2-3-5-11(9)15-13(10)16/h2-7,12H,1H3,(H,15,16)/b10-7+. The van der Waals surface area contributed by atoms with E-state index in [2.05, 4.69) is 5.32 Å². The van der Waals surface area contributed by atoms with E-state index >= 15 is 0 Å². The molecule has 1 atom stereocenters. The number of benzene rings is 1. The minimum absolute atomic E-state index is 0.230. The maximum atomic E-state index is 11.8. The van der Waals surface area contributed by atoms with Crippen molar-refractivity contribution >= 4 is 23.1 Å². The molecular formula is C14H11NO4.